The molecule has 3 aromatic carbocycles. The first-order valence-corrected chi connectivity index (χ1v) is 11.2. The Kier molecular flexibility index (Phi) is 6.79. The highest BCUT2D eigenvalue weighted by Gasteiger charge is 2.27. The average Bonchev–Trinajstić information content (AvgIpc) is 3.28. The van der Waals surface area contributed by atoms with Crippen LogP contribution in [0.4, 0.5) is 0 Å². The summed E-state index contributed by atoms with van der Waals surface area (Å²) in [5.41, 5.74) is 2.99. The van der Waals surface area contributed by atoms with Crippen molar-refractivity contribution in [3.63, 3.8) is 0 Å². The summed E-state index contributed by atoms with van der Waals surface area (Å²) >= 11 is 3.39. The van der Waals surface area contributed by atoms with E-state index in [-0.39, 0.29) is 17.7 Å². The molecule has 0 aliphatic carbocycles. The number of phenols is 1. The van der Waals surface area contributed by atoms with Crippen LogP contribution in [-0.4, -0.2) is 40.9 Å². The number of rotatable bonds is 7. The summed E-state index contributed by atoms with van der Waals surface area (Å²) < 4.78 is 5.76. The number of para-hydroxylation sites is 1. The smallest absolute Gasteiger partial charge is 0.328 e. The number of H-pyrrole nitrogens is 1. The third-order valence-corrected chi connectivity index (χ3v) is 6.02. The number of phenolic OH excluding ortho intramolecular Hbond substituents is 1. The second-order valence-corrected chi connectivity index (χ2v) is 8.60. The van der Waals surface area contributed by atoms with E-state index >= 15 is 0 Å². The summed E-state index contributed by atoms with van der Waals surface area (Å²) in [4.78, 5) is 40.9. The Morgan fingerprint density at radius 2 is 1.79 bits per heavy atom. The zero-order chi connectivity index (χ0) is 24.2. The molecule has 34 heavy (non-hydrogen) atoms. The van der Waals surface area contributed by atoms with E-state index in [1.54, 1.807) is 30.3 Å². The van der Waals surface area contributed by atoms with Crippen molar-refractivity contribution in [2.75, 3.05) is 7.11 Å². The number of aromatic hydroxyl groups is 1. The minimum Gasteiger partial charge on any atom is -0.507 e. The van der Waals surface area contributed by atoms with E-state index < -0.39 is 23.7 Å². The Labute approximate surface area is 203 Å². The summed E-state index contributed by atoms with van der Waals surface area (Å²) in [6.45, 7) is 0. The molecule has 0 fully saturated rings. The van der Waals surface area contributed by atoms with Gasteiger partial charge in [0.2, 0.25) is 0 Å². The zero-order valence-electron chi connectivity index (χ0n) is 18.2. The van der Waals surface area contributed by atoms with Crippen molar-refractivity contribution >= 4 is 44.5 Å². The van der Waals surface area contributed by atoms with Gasteiger partial charge in [0.1, 0.15) is 11.8 Å². The predicted octanol–water partition coefficient (Wildman–Crippen LogP) is 4.39. The fourth-order valence-electron chi connectivity index (χ4n) is 3.75. The molecule has 0 spiro atoms. The molecule has 4 rings (SSSR count). The van der Waals surface area contributed by atoms with Crippen LogP contribution in [0.1, 0.15) is 15.9 Å². The standard InChI is InChI=1S/C26H21BrN2O5/c1-34-26(33)22(29-25(32)24(31)20-14-28-21-5-3-2-4-18(20)21)13-15-6-11-23(30)19(12-15)16-7-9-17(27)10-8-16/h2-12,14,22,28,30H,13H2,1H3,(H,29,32)/t22-/m0/s1. The number of hydrogen-bond donors (Lipinski definition) is 3. The van der Waals surface area contributed by atoms with Gasteiger partial charge >= 0.3 is 5.97 Å². The number of benzene rings is 3. The molecule has 0 aliphatic rings. The first-order chi connectivity index (χ1) is 16.4. The van der Waals surface area contributed by atoms with E-state index in [1.807, 2.05) is 30.3 Å². The van der Waals surface area contributed by atoms with Gasteiger partial charge in [-0.2, -0.15) is 0 Å². The topological polar surface area (TPSA) is 108 Å². The number of aromatic amines is 1. The van der Waals surface area contributed by atoms with Crippen LogP contribution in [0.3, 0.4) is 0 Å². The van der Waals surface area contributed by atoms with Crippen molar-refractivity contribution in [3.8, 4) is 16.9 Å². The number of amides is 1. The Bertz CT molecular complexity index is 1380. The Morgan fingerprint density at radius 1 is 1.06 bits per heavy atom. The van der Waals surface area contributed by atoms with Gasteiger partial charge in [-0.05, 0) is 41.5 Å². The number of carbonyl (C=O) groups excluding carboxylic acids is 3. The predicted molar refractivity (Wildman–Crippen MR) is 132 cm³/mol. The van der Waals surface area contributed by atoms with E-state index in [0.717, 1.165) is 15.6 Å². The quantitative estimate of drug-likeness (QED) is 0.190. The number of nitrogens with one attached hydrogen (secondary N) is 2. The lowest BCUT2D eigenvalue weighted by Crippen LogP contribution is -2.45. The number of Topliss-reactive ketones (excluding diaryl/α,β-unsaturated/α-hetero) is 1. The Balaban J connectivity index is 1.56. The fraction of sp³-hybridized carbons (Fsp3) is 0.115. The molecular weight excluding hydrogens is 500 g/mol. The highest BCUT2D eigenvalue weighted by Crippen LogP contribution is 2.31. The van der Waals surface area contributed by atoms with Crippen molar-refractivity contribution in [1.29, 1.82) is 0 Å². The third kappa shape index (κ3) is 4.87. The van der Waals surface area contributed by atoms with Crippen LogP contribution >= 0.6 is 15.9 Å². The van der Waals surface area contributed by atoms with Crippen LogP contribution in [-0.2, 0) is 20.7 Å². The lowest BCUT2D eigenvalue weighted by atomic mass is 9.98. The van der Waals surface area contributed by atoms with Crippen LogP contribution in [0, 0.1) is 0 Å². The number of halogens is 1. The van der Waals surface area contributed by atoms with E-state index in [9.17, 15) is 19.5 Å². The van der Waals surface area contributed by atoms with Crippen LogP contribution in [0.15, 0.2) is 77.4 Å². The average molecular weight is 521 g/mol. The monoisotopic (exact) mass is 520 g/mol. The zero-order valence-corrected chi connectivity index (χ0v) is 19.8. The van der Waals surface area contributed by atoms with E-state index in [0.29, 0.717) is 16.5 Å². The van der Waals surface area contributed by atoms with Gasteiger partial charge in [-0.1, -0.05) is 52.3 Å². The molecule has 1 heterocycles. The maximum absolute atomic E-state index is 12.8. The third-order valence-electron chi connectivity index (χ3n) is 5.49. The molecule has 1 atom stereocenters. The number of carbonyl (C=O) groups is 3. The highest BCUT2D eigenvalue weighted by molar-refractivity contribution is 9.10. The lowest BCUT2D eigenvalue weighted by molar-refractivity contribution is -0.144. The first-order valence-electron chi connectivity index (χ1n) is 10.4. The molecule has 7 nitrogen and oxygen atoms in total. The van der Waals surface area contributed by atoms with Crippen molar-refractivity contribution in [2.45, 2.75) is 12.5 Å². The van der Waals surface area contributed by atoms with E-state index in [2.05, 4.69) is 26.2 Å². The SMILES string of the molecule is COC(=O)[C@H](Cc1ccc(O)c(-c2ccc(Br)cc2)c1)NC(=O)C(=O)c1c[nH]c2ccccc12. The van der Waals surface area contributed by atoms with Crippen molar-refractivity contribution in [1.82, 2.24) is 10.3 Å². The lowest BCUT2D eigenvalue weighted by Gasteiger charge is -2.17. The number of hydrogen-bond acceptors (Lipinski definition) is 5. The second-order valence-electron chi connectivity index (χ2n) is 7.69. The molecule has 0 aliphatic heterocycles. The number of esters is 1. The maximum atomic E-state index is 12.8. The fourth-order valence-corrected chi connectivity index (χ4v) is 4.01. The van der Waals surface area contributed by atoms with Crippen molar-refractivity contribution in [2.24, 2.45) is 0 Å². The second kappa shape index (κ2) is 9.93. The largest absolute Gasteiger partial charge is 0.507 e. The van der Waals surface area contributed by atoms with Gasteiger partial charge in [0, 0.05) is 33.6 Å². The number of aromatic nitrogens is 1. The molecule has 0 saturated carbocycles. The summed E-state index contributed by atoms with van der Waals surface area (Å²) in [5.74, 6) is -2.27. The van der Waals surface area contributed by atoms with E-state index in [1.165, 1.54) is 19.4 Å². The van der Waals surface area contributed by atoms with Gasteiger partial charge in [-0.3, -0.25) is 9.59 Å². The number of methoxy groups -OCH3 is 1. The molecule has 172 valence electrons. The molecule has 8 heteroatoms. The molecule has 0 radical (unpaired) electrons. The van der Waals surface area contributed by atoms with Gasteiger partial charge in [-0.15, -0.1) is 0 Å². The number of ketones is 1. The van der Waals surface area contributed by atoms with Gasteiger partial charge in [-0.25, -0.2) is 4.79 Å². The molecule has 1 amide bonds. The van der Waals surface area contributed by atoms with Gasteiger partial charge < -0.3 is 20.1 Å². The highest BCUT2D eigenvalue weighted by atomic mass is 79.9. The van der Waals surface area contributed by atoms with Crippen LogP contribution < -0.4 is 5.32 Å². The van der Waals surface area contributed by atoms with Gasteiger partial charge in [0.05, 0.1) is 12.7 Å². The molecule has 0 unspecified atom stereocenters. The van der Waals surface area contributed by atoms with Crippen molar-refractivity contribution < 1.29 is 24.2 Å². The number of fused-ring (bicyclic) bond motifs is 1. The minimum absolute atomic E-state index is 0.0728. The minimum atomic E-state index is -1.09. The molecule has 0 saturated heterocycles. The van der Waals surface area contributed by atoms with Crippen LogP contribution in [0.25, 0.3) is 22.0 Å². The summed E-state index contributed by atoms with van der Waals surface area (Å²) in [6.07, 6.45) is 1.55. The molecular formula is C26H21BrN2O5. The van der Waals surface area contributed by atoms with Crippen LogP contribution in [0.2, 0.25) is 0 Å². The molecule has 0 bridgehead atoms. The Morgan fingerprint density at radius 3 is 2.53 bits per heavy atom. The molecule has 1 aromatic heterocycles. The molecule has 3 N–H and O–H groups in total. The molecule has 4 aromatic rings. The number of ether oxygens (including phenoxy) is 1. The van der Waals surface area contributed by atoms with Crippen LogP contribution in [0.5, 0.6) is 5.75 Å². The summed E-state index contributed by atoms with van der Waals surface area (Å²) in [7, 11) is 1.22. The van der Waals surface area contributed by atoms with Gasteiger partial charge in [0.15, 0.2) is 0 Å². The normalized spacial score (nSPS) is 11.7. The maximum Gasteiger partial charge on any atom is 0.328 e. The first kappa shape index (κ1) is 23.3. The van der Waals surface area contributed by atoms with Gasteiger partial charge in [0.25, 0.3) is 11.7 Å². The van der Waals surface area contributed by atoms with Crippen molar-refractivity contribution in [3.05, 3.63) is 88.5 Å². The summed E-state index contributed by atoms with van der Waals surface area (Å²) in [6, 6.07) is 18.4. The Hall–Kier alpha value is -3.91. The van der Waals surface area contributed by atoms with E-state index in [4.69, 9.17) is 4.74 Å². The summed E-state index contributed by atoms with van der Waals surface area (Å²) in [5, 5.41) is 13.5.